The van der Waals surface area contributed by atoms with Gasteiger partial charge in [-0.25, -0.2) is 0 Å². The van der Waals surface area contributed by atoms with Crippen molar-refractivity contribution in [3.63, 3.8) is 0 Å². The number of benzene rings is 1. The topological polar surface area (TPSA) is 97.7 Å². The molecule has 6 nitrogen and oxygen atoms in total. The zero-order chi connectivity index (χ0) is 11.9. The average molecular weight is 259 g/mol. The number of nitrogens with two attached hydrogens (primary N) is 1. The normalized spacial score (nSPS) is 13.5. The summed E-state index contributed by atoms with van der Waals surface area (Å²) in [7, 11) is -2.51. The smallest absolute Gasteiger partial charge is 0.296 e. The number of aryl methyl sites for hydroxylation is 1. The number of rotatable bonds is 1. The Kier molecular flexibility index (Phi) is 2.49. The van der Waals surface area contributed by atoms with Gasteiger partial charge in [-0.15, -0.1) is 0 Å². The van der Waals surface area contributed by atoms with E-state index in [1.807, 2.05) is 0 Å². The van der Waals surface area contributed by atoms with Crippen molar-refractivity contribution in [3.8, 4) is 0 Å². The molecular formula is C8H9N3O3S2. The van der Waals surface area contributed by atoms with E-state index in [-0.39, 0.29) is 4.90 Å². The molecule has 0 radical (unpaired) electrons. The molecule has 0 bridgehead atoms. The Hall–Kier alpha value is -1.38. The van der Waals surface area contributed by atoms with Crippen LogP contribution >= 0.6 is 11.3 Å². The summed E-state index contributed by atoms with van der Waals surface area (Å²) in [5, 5.41) is 3.54. The van der Waals surface area contributed by atoms with Crippen LogP contribution in [0.5, 0.6) is 0 Å². The van der Waals surface area contributed by atoms with Crippen molar-refractivity contribution in [2.45, 2.75) is 4.90 Å². The molecule has 0 amide bonds. The van der Waals surface area contributed by atoms with Crippen LogP contribution in [0.15, 0.2) is 28.2 Å². The molecule has 0 saturated carbocycles. The predicted octanol–water partition coefficient (Wildman–Crippen LogP) is 0.261. The van der Waals surface area contributed by atoms with E-state index in [0.717, 1.165) is 11.3 Å². The lowest BCUT2D eigenvalue weighted by Crippen LogP contribution is -2.12. The van der Waals surface area contributed by atoms with Gasteiger partial charge in [0.2, 0.25) is 4.80 Å². The summed E-state index contributed by atoms with van der Waals surface area (Å²) in [6, 6.07) is 4.63. The molecule has 0 atom stereocenters. The molecule has 0 spiro atoms. The van der Waals surface area contributed by atoms with Crippen LogP contribution in [0.1, 0.15) is 0 Å². The van der Waals surface area contributed by atoms with Crippen LogP contribution in [-0.4, -0.2) is 17.5 Å². The summed E-state index contributed by atoms with van der Waals surface area (Å²) >= 11 is 1.11. The van der Waals surface area contributed by atoms with Gasteiger partial charge >= 0.3 is 0 Å². The van der Waals surface area contributed by atoms with E-state index in [0.29, 0.717) is 15.0 Å². The van der Waals surface area contributed by atoms with Crippen molar-refractivity contribution in [2.75, 3.05) is 0 Å². The minimum atomic E-state index is -4.23. The fourth-order valence-electron chi connectivity index (χ4n) is 1.45. The first kappa shape index (κ1) is 11.1. The number of hydrogen-bond donors (Lipinski definition) is 2. The van der Waals surface area contributed by atoms with E-state index in [4.69, 9.17) is 10.4 Å². The Morgan fingerprint density at radius 1 is 1.50 bits per heavy atom. The molecule has 0 fully saturated rings. The Labute approximate surface area is 95.4 Å². The highest BCUT2D eigenvalue weighted by Crippen LogP contribution is 2.24. The van der Waals surface area contributed by atoms with Crippen LogP contribution in [0.25, 0.3) is 10.2 Å². The van der Waals surface area contributed by atoms with Gasteiger partial charge in [-0.2, -0.15) is 13.5 Å². The largest absolute Gasteiger partial charge is 0.320 e. The molecule has 0 aliphatic heterocycles. The van der Waals surface area contributed by atoms with Crippen LogP contribution in [0, 0.1) is 0 Å². The Balaban J connectivity index is 3.01. The quantitative estimate of drug-likeness (QED) is 0.436. The van der Waals surface area contributed by atoms with E-state index in [1.54, 1.807) is 23.7 Å². The summed E-state index contributed by atoms with van der Waals surface area (Å²) < 4.78 is 33.5. The summed E-state index contributed by atoms with van der Waals surface area (Å²) in [6.45, 7) is 0. The van der Waals surface area contributed by atoms with Crippen molar-refractivity contribution in [1.82, 2.24) is 4.57 Å². The molecular weight excluding hydrogens is 250 g/mol. The van der Waals surface area contributed by atoms with Gasteiger partial charge in [-0.3, -0.25) is 4.55 Å². The van der Waals surface area contributed by atoms with Gasteiger partial charge in [0.1, 0.15) is 4.90 Å². The van der Waals surface area contributed by atoms with Crippen LogP contribution in [0.2, 0.25) is 0 Å². The standard InChI is InChI=1S/C8H9N3O3S2/c1-11-5-3-2-4-6(16(12,13)14)7(5)15-8(11)10-9/h2-4H,9H2,1H3,(H,12,13,14)/b10-8+. The zero-order valence-electron chi connectivity index (χ0n) is 8.28. The maximum atomic E-state index is 11.1. The van der Waals surface area contributed by atoms with Crippen LogP contribution in [-0.2, 0) is 17.2 Å². The minimum Gasteiger partial charge on any atom is -0.320 e. The van der Waals surface area contributed by atoms with Crippen LogP contribution in [0.4, 0.5) is 0 Å². The van der Waals surface area contributed by atoms with Gasteiger partial charge in [-0.05, 0) is 12.1 Å². The molecule has 8 heteroatoms. The average Bonchev–Trinajstić information content (AvgIpc) is 2.54. The molecule has 3 N–H and O–H groups in total. The summed E-state index contributed by atoms with van der Waals surface area (Å²) in [5.74, 6) is 5.18. The molecule has 2 aromatic rings. The summed E-state index contributed by atoms with van der Waals surface area (Å²) in [4.78, 5) is 0.353. The van der Waals surface area contributed by atoms with Gasteiger partial charge in [0.25, 0.3) is 10.1 Å². The molecule has 16 heavy (non-hydrogen) atoms. The second kappa shape index (κ2) is 3.58. The van der Waals surface area contributed by atoms with Gasteiger partial charge < -0.3 is 10.4 Å². The fraction of sp³-hybridized carbons (Fsp3) is 0.125. The van der Waals surface area contributed by atoms with Crippen molar-refractivity contribution < 1.29 is 13.0 Å². The monoisotopic (exact) mass is 259 g/mol. The van der Waals surface area contributed by atoms with Gasteiger partial charge in [-0.1, -0.05) is 17.4 Å². The Bertz CT molecular complexity index is 712. The SMILES string of the molecule is Cn1/c(=N\N)sc2c(S(=O)(=O)O)cccc21. The first-order chi connectivity index (χ1) is 7.45. The third kappa shape index (κ3) is 1.60. The van der Waals surface area contributed by atoms with Crippen LogP contribution in [0.3, 0.4) is 0 Å². The highest BCUT2D eigenvalue weighted by Gasteiger charge is 2.16. The van der Waals surface area contributed by atoms with Crippen molar-refractivity contribution in [3.05, 3.63) is 23.0 Å². The molecule has 1 heterocycles. The third-order valence-electron chi connectivity index (χ3n) is 2.19. The van der Waals surface area contributed by atoms with E-state index in [9.17, 15) is 8.42 Å². The highest BCUT2D eigenvalue weighted by molar-refractivity contribution is 7.86. The number of fused-ring (bicyclic) bond motifs is 1. The van der Waals surface area contributed by atoms with Gasteiger partial charge in [0, 0.05) is 7.05 Å². The van der Waals surface area contributed by atoms with Crippen LogP contribution < -0.4 is 10.6 Å². The fourth-order valence-corrected chi connectivity index (χ4v) is 3.43. The Morgan fingerprint density at radius 3 is 2.75 bits per heavy atom. The molecule has 0 aliphatic rings. The zero-order valence-corrected chi connectivity index (χ0v) is 9.92. The first-order valence-electron chi connectivity index (χ1n) is 4.25. The van der Waals surface area contributed by atoms with Gasteiger partial charge in [0.05, 0.1) is 10.2 Å². The summed E-state index contributed by atoms with van der Waals surface area (Å²) in [6.07, 6.45) is 0. The molecule has 2 rings (SSSR count). The van der Waals surface area contributed by atoms with Crippen molar-refractivity contribution >= 4 is 31.7 Å². The number of hydrogen-bond acceptors (Lipinski definition) is 5. The second-order valence-electron chi connectivity index (χ2n) is 3.15. The maximum Gasteiger partial charge on any atom is 0.296 e. The lowest BCUT2D eigenvalue weighted by molar-refractivity contribution is 0.484. The molecule has 1 aromatic carbocycles. The lowest BCUT2D eigenvalue weighted by atomic mass is 10.3. The van der Waals surface area contributed by atoms with Gasteiger partial charge in [0.15, 0.2) is 0 Å². The van der Waals surface area contributed by atoms with Crippen molar-refractivity contribution in [2.24, 2.45) is 18.0 Å². The van der Waals surface area contributed by atoms with E-state index < -0.39 is 10.1 Å². The molecule has 86 valence electrons. The molecule has 0 unspecified atom stereocenters. The number of aromatic nitrogens is 1. The third-order valence-corrected chi connectivity index (χ3v) is 4.41. The van der Waals surface area contributed by atoms with Crippen molar-refractivity contribution in [1.29, 1.82) is 0 Å². The number of thiazole rings is 1. The number of nitrogens with zero attached hydrogens (tertiary/aromatic N) is 2. The maximum absolute atomic E-state index is 11.1. The van der Waals surface area contributed by atoms with E-state index in [1.165, 1.54) is 6.07 Å². The Morgan fingerprint density at radius 2 is 2.19 bits per heavy atom. The second-order valence-corrected chi connectivity index (χ2v) is 5.52. The minimum absolute atomic E-state index is 0.125. The predicted molar refractivity (Wildman–Crippen MR) is 60.4 cm³/mol. The molecule has 0 saturated heterocycles. The molecule has 0 aliphatic carbocycles. The highest BCUT2D eigenvalue weighted by atomic mass is 32.2. The van der Waals surface area contributed by atoms with E-state index >= 15 is 0 Å². The van der Waals surface area contributed by atoms with E-state index in [2.05, 4.69) is 5.10 Å². The molecule has 1 aromatic heterocycles. The lowest BCUT2D eigenvalue weighted by Gasteiger charge is -1.98. The first-order valence-corrected chi connectivity index (χ1v) is 6.51. The summed E-state index contributed by atoms with van der Waals surface area (Å²) in [5.41, 5.74) is 0.657.